The van der Waals surface area contributed by atoms with Crippen molar-refractivity contribution in [2.45, 2.75) is 46.1 Å². The minimum atomic E-state index is -0.563. The minimum absolute atomic E-state index is 0.0623. The molecule has 0 radical (unpaired) electrons. The van der Waals surface area contributed by atoms with Crippen molar-refractivity contribution in [2.75, 3.05) is 13.2 Å². The smallest absolute Gasteiger partial charge is 0.220 e. The van der Waals surface area contributed by atoms with Gasteiger partial charge in [0.1, 0.15) is 5.75 Å². The van der Waals surface area contributed by atoms with Gasteiger partial charge < -0.3 is 15.2 Å². The number of hydrogen-bond acceptors (Lipinski definition) is 3. The second-order valence-corrected chi connectivity index (χ2v) is 5.79. The molecule has 4 heteroatoms. The van der Waals surface area contributed by atoms with Crippen molar-refractivity contribution in [1.82, 2.24) is 5.32 Å². The molecule has 0 spiro atoms. The van der Waals surface area contributed by atoms with E-state index in [-0.39, 0.29) is 12.5 Å². The van der Waals surface area contributed by atoms with Crippen LogP contribution in [-0.4, -0.2) is 29.8 Å². The predicted molar refractivity (Wildman–Crippen MR) is 80.0 cm³/mol. The zero-order valence-electron chi connectivity index (χ0n) is 12.8. The standard InChI is InChI=1S/C16H25NO3/c1-12-7-8-14(10-13(12)2)20-9-5-6-15(19)17-16(3,4)11-18/h7-8,10,18H,5-6,9,11H2,1-4H3,(H,17,19). The van der Waals surface area contributed by atoms with Crippen LogP contribution in [0.5, 0.6) is 5.75 Å². The Kier molecular flexibility index (Phi) is 6.02. The van der Waals surface area contributed by atoms with Crippen LogP contribution in [0.15, 0.2) is 18.2 Å². The summed E-state index contributed by atoms with van der Waals surface area (Å²) in [5.41, 5.74) is 1.87. The Balaban J connectivity index is 2.28. The van der Waals surface area contributed by atoms with Gasteiger partial charge in [-0.2, -0.15) is 0 Å². The highest BCUT2D eigenvalue weighted by molar-refractivity contribution is 5.76. The first-order valence-electron chi connectivity index (χ1n) is 6.96. The molecule has 0 fully saturated rings. The van der Waals surface area contributed by atoms with E-state index in [4.69, 9.17) is 9.84 Å². The summed E-state index contributed by atoms with van der Waals surface area (Å²) in [5.74, 6) is 0.775. The molecule has 1 rings (SSSR count). The van der Waals surface area contributed by atoms with Crippen molar-refractivity contribution < 1.29 is 14.6 Å². The van der Waals surface area contributed by atoms with Gasteiger partial charge in [0.25, 0.3) is 0 Å². The molecule has 0 aliphatic rings. The van der Waals surface area contributed by atoms with Gasteiger partial charge in [-0.15, -0.1) is 0 Å². The number of benzene rings is 1. The lowest BCUT2D eigenvalue weighted by Crippen LogP contribution is -2.46. The van der Waals surface area contributed by atoms with Gasteiger partial charge in [-0.05, 0) is 57.4 Å². The van der Waals surface area contributed by atoms with Gasteiger partial charge >= 0.3 is 0 Å². The molecule has 1 aromatic rings. The van der Waals surface area contributed by atoms with Crippen molar-refractivity contribution in [2.24, 2.45) is 0 Å². The molecule has 0 saturated carbocycles. The van der Waals surface area contributed by atoms with Crippen LogP contribution in [0.4, 0.5) is 0 Å². The van der Waals surface area contributed by atoms with Crippen LogP contribution < -0.4 is 10.1 Å². The normalized spacial score (nSPS) is 11.2. The molecule has 1 amide bonds. The van der Waals surface area contributed by atoms with Crippen LogP contribution in [0.1, 0.15) is 37.8 Å². The molecule has 0 atom stereocenters. The van der Waals surface area contributed by atoms with Crippen LogP contribution in [0.3, 0.4) is 0 Å². The van der Waals surface area contributed by atoms with Crippen molar-refractivity contribution in [3.05, 3.63) is 29.3 Å². The van der Waals surface area contributed by atoms with Gasteiger partial charge in [0, 0.05) is 6.42 Å². The highest BCUT2D eigenvalue weighted by Crippen LogP contribution is 2.16. The Morgan fingerprint density at radius 3 is 2.60 bits per heavy atom. The third-order valence-corrected chi connectivity index (χ3v) is 3.17. The van der Waals surface area contributed by atoms with Gasteiger partial charge in [-0.25, -0.2) is 0 Å². The molecule has 0 unspecified atom stereocenters. The fourth-order valence-corrected chi connectivity index (χ4v) is 1.71. The van der Waals surface area contributed by atoms with Crippen molar-refractivity contribution in [3.63, 3.8) is 0 Å². The average molecular weight is 279 g/mol. The maximum atomic E-state index is 11.6. The first-order chi connectivity index (χ1) is 9.34. The van der Waals surface area contributed by atoms with Crippen LogP contribution in [0.2, 0.25) is 0 Å². The third-order valence-electron chi connectivity index (χ3n) is 3.17. The van der Waals surface area contributed by atoms with E-state index in [9.17, 15) is 4.79 Å². The van der Waals surface area contributed by atoms with Crippen LogP contribution >= 0.6 is 0 Å². The maximum absolute atomic E-state index is 11.6. The number of rotatable bonds is 7. The first-order valence-corrected chi connectivity index (χ1v) is 6.96. The highest BCUT2D eigenvalue weighted by atomic mass is 16.5. The number of amides is 1. The number of carbonyl (C=O) groups excluding carboxylic acids is 1. The number of hydrogen-bond donors (Lipinski definition) is 2. The summed E-state index contributed by atoms with van der Waals surface area (Å²) in [5, 5.41) is 11.8. The summed E-state index contributed by atoms with van der Waals surface area (Å²) < 4.78 is 5.62. The minimum Gasteiger partial charge on any atom is -0.494 e. The van der Waals surface area contributed by atoms with E-state index in [0.29, 0.717) is 19.4 Å². The van der Waals surface area contributed by atoms with Gasteiger partial charge in [-0.1, -0.05) is 6.07 Å². The second-order valence-electron chi connectivity index (χ2n) is 5.79. The van der Waals surface area contributed by atoms with Crippen molar-refractivity contribution in [1.29, 1.82) is 0 Å². The van der Waals surface area contributed by atoms with E-state index in [2.05, 4.69) is 12.2 Å². The summed E-state index contributed by atoms with van der Waals surface area (Å²) in [7, 11) is 0. The molecule has 0 heterocycles. The second kappa shape index (κ2) is 7.29. The summed E-state index contributed by atoms with van der Waals surface area (Å²) in [6.45, 7) is 8.12. The molecule has 0 aliphatic heterocycles. The predicted octanol–water partition coefficient (Wildman–Crippen LogP) is 2.35. The SMILES string of the molecule is Cc1ccc(OCCCC(=O)NC(C)(C)CO)cc1C. The highest BCUT2D eigenvalue weighted by Gasteiger charge is 2.18. The molecule has 0 saturated heterocycles. The van der Waals surface area contributed by atoms with Crippen molar-refractivity contribution in [3.8, 4) is 5.75 Å². The molecule has 2 N–H and O–H groups in total. The Bertz CT molecular complexity index is 455. The molecular weight excluding hydrogens is 254 g/mol. The molecule has 20 heavy (non-hydrogen) atoms. The van der Waals surface area contributed by atoms with Crippen LogP contribution in [-0.2, 0) is 4.79 Å². The first kappa shape index (κ1) is 16.5. The number of ether oxygens (including phenoxy) is 1. The summed E-state index contributed by atoms with van der Waals surface area (Å²) in [4.78, 5) is 11.6. The van der Waals surface area contributed by atoms with E-state index in [1.807, 2.05) is 25.1 Å². The number of nitrogens with one attached hydrogen (secondary N) is 1. The molecule has 1 aromatic carbocycles. The number of aliphatic hydroxyl groups is 1. The molecule has 4 nitrogen and oxygen atoms in total. The summed E-state index contributed by atoms with van der Waals surface area (Å²) >= 11 is 0. The fourth-order valence-electron chi connectivity index (χ4n) is 1.71. The average Bonchev–Trinajstić information content (AvgIpc) is 2.38. The number of carbonyl (C=O) groups is 1. The van der Waals surface area contributed by atoms with E-state index < -0.39 is 5.54 Å². The maximum Gasteiger partial charge on any atom is 0.220 e. The Hall–Kier alpha value is -1.55. The van der Waals surface area contributed by atoms with E-state index in [1.165, 1.54) is 11.1 Å². The largest absolute Gasteiger partial charge is 0.494 e. The molecular formula is C16H25NO3. The Morgan fingerprint density at radius 2 is 2.00 bits per heavy atom. The summed E-state index contributed by atoms with van der Waals surface area (Å²) in [6, 6.07) is 5.97. The van der Waals surface area contributed by atoms with Crippen LogP contribution in [0, 0.1) is 13.8 Å². The van der Waals surface area contributed by atoms with E-state index in [1.54, 1.807) is 13.8 Å². The zero-order chi connectivity index (χ0) is 15.2. The zero-order valence-corrected chi connectivity index (χ0v) is 12.8. The number of aliphatic hydroxyl groups excluding tert-OH is 1. The van der Waals surface area contributed by atoms with Gasteiger partial charge in [0.05, 0.1) is 18.8 Å². The van der Waals surface area contributed by atoms with Gasteiger partial charge in [0.15, 0.2) is 0 Å². The van der Waals surface area contributed by atoms with Gasteiger partial charge in [-0.3, -0.25) is 4.79 Å². The summed E-state index contributed by atoms with van der Waals surface area (Å²) in [6.07, 6.45) is 1.05. The van der Waals surface area contributed by atoms with Crippen LogP contribution in [0.25, 0.3) is 0 Å². The molecule has 0 aromatic heterocycles. The van der Waals surface area contributed by atoms with Gasteiger partial charge in [0.2, 0.25) is 5.91 Å². The van der Waals surface area contributed by atoms with Crippen molar-refractivity contribution >= 4 is 5.91 Å². The van der Waals surface area contributed by atoms with E-state index in [0.717, 1.165) is 5.75 Å². The Labute approximate surface area is 121 Å². The molecule has 0 bridgehead atoms. The molecule has 0 aliphatic carbocycles. The molecule has 112 valence electrons. The Morgan fingerprint density at radius 1 is 1.30 bits per heavy atom. The monoisotopic (exact) mass is 279 g/mol. The lowest BCUT2D eigenvalue weighted by atomic mass is 10.1. The topological polar surface area (TPSA) is 58.6 Å². The third kappa shape index (κ3) is 5.61. The lowest BCUT2D eigenvalue weighted by molar-refractivity contribution is -0.123. The fraction of sp³-hybridized carbons (Fsp3) is 0.562. The number of aryl methyl sites for hydroxylation is 2. The quantitative estimate of drug-likeness (QED) is 0.753. The van der Waals surface area contributed by atoms with E-state index >= 15 is 0 Å². The lowest BCUT2D eigenvalue weighted by Gasteiger charge is -2.23.